The summed E-state index contributed by atoms with van der Waals surface area (Å²) < 4.78 is 0. The molecular weight excluding hydrogens is 671 g/mol. The zero-order chi connectivity index (χ0) is 36.7. The van der Waals surface area contributed by atoms with Crippen LogP contribution in [0.3, 0.4) is 0 Å². The Bertz CT molecular complexity index is 2760. The molecule has 0 radical (unpaired) electrons. The monoisotopic (exact) mass is 711 g/mol. The zero-order valence-corrected chi connectivity index (χ0v) is 31.2. The molecule has 55 heavy (non-hydrogen) atoms. The summed E-state index contributed by atoms with van der Waals surface area (Å²) in [4.78, 5) is 21.0. The first kappa shape index (κ1) is 32.2. The highest BCUT2D eigenvalue weighted by molar-refractivity contribution is 6.08. The van der Waals surface area contributed by atoms with Crippen molar-refractivity contribution in [3.05, 3.63) is 163 Å². The van der Waals surface area contributed by atoms with Crippen LogP contribution in [0.1, 0.15) is 62.1 Å². The van der Waals surface area contributed by atoms with Gasteiger partial charge in [-0.1, -0.05) is 74.9 Å². The van der Waals surface area contributed by atoms with Crippen molar-refractivity contribution in [1.29, 1.82) is 0 Å². The minimum atomic E-state index is -0.0651. The maximum Gasteiger partial charge on any atom is 0.0970 e. The van der Waals surface area contributed by atoms with Crippen molar-refractivity contribution < 1.29 is 0 Å². The molecule has 5 nitrogen and oxygen atoms in total. The summed E-state index contributed by atoms with van der Waals surface area (Å²) in [7, 11) is 0. The molecule has 4 aromatic carbocycles. The van der Waals surface area contributed by atoms with Crippen LogP contribution in [0.25, 0.3) is 55.3 Å². The first-order valence-electron chi connectivity index (χ1n) is 19.7. The van der Waals surface area contributed by atoms with E-state index in [1.807, 2.05) is 36.9 Å². The number of hydrogen-bond donors (Lipinski definition) is 0. The predicted molar refractivity (Wildman–Crippen MR) is 224 cm³/mol. The summed E-state index contributed by atoms with van der Waals surface area (Å²) in [6, 6.07) is 42.1. The molecule has 0 spiro atoms. The van der Waals surface area contributed by atoms with Crippen molar-refractivity contribution in [1.82, 2.24) is 19.9 Å². The van der Waals surface area contributed by atoms with Gasteiger partial charge in [-0.25, -0.2) is 0 Å². The van der Waals surface area contributed by atoms with Crippen molar-refractivity contribution in [3.63, 3.8) is 0 Å². The Morgan fingerprint density at radius 1 is 0.582 bits per heavy atom. The number of fused-ring (bicyclic) bond motifs is 8. The first-order valence-corrected chi connectivity index (χ1v) is 19.7. The number of anilines is 3. The van der Waals surface area contributed by atoms with Gasteiger partial charge in [0.05, 0.1) is 28.6 Å². The Labute approximate surface area is 321 Å². The Kier molecular flexibility index (Phi) is 7.28. The number of hydrogen-bond acceptors (Lipinski definition) is 5. The number of aromatic nitrogens is 4. The summed E-state index contributed by atoms with van der Waals surface area (Å²) in [5.41, 5.74) is 16.2. The molecule has 0 aliphatic heterocycles. The maximum absolute atomic E-state index is 4.95. The molecule has 2 fully saturated rings. The van der Waals surface area contributed by atoms with Gasteiger partial charge in [-0.2, -0.15) is 0 Å². The normalized spacial score (nSPS) is 19.1. The molecule has 0 N–H and O–H groups in total. The molecule has 0 amide bonds. The number of benzene rings is 4. The van der Waals surface area contributed by atoms with Gasteiger partial charge in [-0.3, -0.25) is 19.9 Å². The lowest BCUT2D eigenvalue weighted by Crippen LogP contribution is -2.16. The third-order valence-corrected chi connectivity index (χ3v) is 13.0. The maximum atomic E-state index is 4.95. The average Bonchev–Trinajstić information content (AvgIpc) is 3.94. The zero-order valence-electron chi connectivity index (χ0n) is 31.2. The van der Waals surface area contributed by atoms with Crippen molar-refractivity contribution in [2.75, 3.05) is 4.90 Å². The molecule has 11 rings (SSSR count). The summed E-state index contributed by atoms with van der Waals surface area (Å²) >= 11 is 0. The molecule has 3 unspecified atom stereocenters. The predicted octanol–water partition coefficient (Wildman–Crippen LogP) is 12.6. The molecule has 3 atom stereocenters. The van der Waals surface area contributed by atoms with Crippen LogP contribution < -0.4 is 4.90 Å². The van der Waals surface area contributed by atoms with Gasteiger partial charge in [0.1, 0.15) is 0 Å². The molecule has 4 heterocycles. The molecule has 3 aliphatic carbocycles. The van der Waals surface area contributed by atoms with Crippen molar-refractivity contribution in [2.24, 2.45) is 11.8 Å². The van der Waals surface area contributed by atoms with Gasteiger partial charge in [0, 0.05) is 57.9 Å². The minimum absolute atomic E-state index is 0.0651. The number of nitrogens with zero attached hydrogens (tertiary/aromatic N) is 5. The lowest BCUT2D eigenvalue weighted by molar-refractivity contribution is 0.419. The van der Waals surface area contributed by atoms with Gasteiger partial charge in [0.2, 0.25) is 0 Å². The Balaban J connectivity index is 1.01. The number of rotatable bonds is 6. The molecule has 5 heteroatoms. The lowest BCUT2D eigenvalue weighted by Gasteiger charge is -2.27. The van der Waals surface area contributed by atoms with Crippen LogP contribution in [0.2, 0.25) is 0 Å². The van der Waals surface area contributed by atoms with E-state index in [1.54, 1.807) is 11.8 Å². The largest absolute Gasteiger partial charge is 0.309 e. The molecule has 2 saturated carbocycles. The van der Waals surface area contributed by atoms with Gasteiger partial charge >= 0.3 is 0 Å². The standard InChI is InChI=1S/C50H41N5/c1-50(2)45-19-15-38(28-44(45)41-17-12-35(27-46(41)50)43-26-31-7-8-34(43)25-31)55(39-16-20-47(54-30-39)36-6-3-22-51-29-36)37-13-9-32(10-14-37)40-21-24-53-49-42(40)18-11-33-5-4-23-52-48(33)49/h3-6,9-24,27-31,34,43H,7-8,25-26H2,1-2H3. The van der Waals surface area contributed by atoms with Crippen LogP contribution in [-0.4, -0.2) is 19.9 Å². The fourth-order valence-electron chi connectivity index (χ4n) is 10.2. The van der Waals surface area contributed by atoms with E-state index in [9.17, 15) is 0 Å². The summed E-state index contributed by atoms with van der Waals surface area (Å²) in [6.45, 7) is 4.81. The van der Waals surface area contributed by atoms with E-state index in [0.29, 0.717) is 0 Å². The molecular formula is C50H41N5. The molecule has 266 valence electrons. The van der Waals surface area contributed by atoms with Gasteiger partial charge in [-0.15, -0.1) is 0 Å². The van der Waals surface area contributed by atoms with Crippen molar-refractivity contribution in [2.45, 2.75) is 50.9 Å². The smallest absolute Gasteiger partial charge is 0.0970 e. The Morgan fingerprint density at radius 2 is 1.44 bits per heavy atom. The third kappa shape index (κ3) is 5.20. The summed E-state index contributed by atoms with van der Waals surface area (Å²) in [5, 5.41) is 2.19. The lowest BCUT2D eigenvalue weighted by atomic mass is 9.78. The van der Waals surface area contributed by atoms with E-state index in [-0.39, 0.29) is 5.41 Å². The summed E-state index contributed by atoms with van der Waals surface area (Å²) in [6.07, 6.45) is 15.0. The SMILES string of the molecule is CC1(C)c2ccc(N(c3ccc(-c4ccnc5c4ccc4cccnc45)cc3)c3ccc(-c4cccnc4)nc3)cc2-c2ccc(C3CC4CCC3C4)cc21. The van der Waals surface area contributed by atoms with Gasteiger partial charge in [-0.05, 0) is 137 Å². The fraction of sp³-hybridized carbons (Fsp3) is 0.200. The highest BCUT2D eigenvalue weighted by Crippen LogP contribution is 2.56. The van der Waals surface area contributed by atoms with Crippen LogP contribution in [0.5, 0.6) is 0 Å². The van der Waals surface area contributed by atoms with Crippen LogP contribution >= 0.6 is 0 Å². The van der Waals surface area contributed by atoms with E-state index in [4.69, 9.17) is 9.97 Å². The third-order valence-electron chi connectivity index (χ3n) is 13.0. The second kappa shape index (κ2) is 12.4. The first-order chi connectivity index (χ1) is 27.0. The van der Waals surface area contributed by atoms with Crippen LogP contribution in [-0.2, 0) is 5.41 Å². The van der Waals surface area contributed by atoms with E-state index < -0.39 is 0 Å². The van der Waals surface area contributed by atoms with Gasteiger partial charge in [0.25, 0.3) is 0 Å². The molecule has 0 saturated heterocycles. The Hall–Kier alpha value is -6.20. The van der Waals surface area contributed by atoms with Crippen LogP contribution in [0.15, 0.2) is 146 Å². The van der Waals surface area contributed by atoms with Crippen LogP contribution in [0, 0.1) is 11.8 Å². The van der Waals surface area contributed by atoms with Gasteiger partial charge < -0.3 is 4.90 Å². The second-order valence-electron chi connectivity index (χ2n) is 16.4. The van der Waals surface area contributed by atoms with Gasteiger partial charge in [0.15, 0.2) is 0 Å². The topological polar surface area (TPSA) is 54.8 Å². The van der Waals surface area contributed by atoms with E-state index >= 15 is 0 Å². The fourth-order valence-corrected chi connectivity index (χ4v) is 10.2. The minimum Gasteiger partial charge on any atom is -0.309 e. The van der Waals surface area contributed by atoms with E-state index in [1.165, 1.54) is 47.9 Å². The second-order valence-corrected chi connectivity index (χ2v) is 16.4. The molecule has 8 aromatic rings. The van der Waals surface area contributed by atoms with E-state index in [2.05, 4.69) is 132 Å². The average molecular weight is 712 g/mol. The Morgan fingerprint density at radius 3 is 2.24 bits per heavy atom. The van der Waals surface area contributed by atoms with Crippen molar-refractivity contribution >= 4 is 38.9 Å². The molecule has 2 bridgehead atoms. The quantitative estimate of drug-likeness (QED) is 0.161. The van der Waals surface area contributed by atoms with Crippen LogP contribution in [0.4, 0.5) is 17.1 Å². The summed E-state index contributed by atoms with van der Waals surface area (Å²) in [5.74, 6) is 2.53. The van der Waals surface area contributed by atoms with Crippen molar-refractivity contribution in [3.8, 4) is 33.5 Å². The number of pyridine rings is 4. The molecule has 3 aliphatic rings. The highest BCUT2D eigenvalue weighted by Gasteiger charge is 2.42. The molecule has 4 aromatic heterocycles. The van der Waals surface area contributed by atoms with E-state index in [0.717, 1.165) is 79.0 Å². The highest BCUT2D eigenvalue weighted by atomic mass is 15.1.